The van der Waals surface area contributed by atoms with Gasteiger partial charge < -0.3 is 11.5 Å². The Bertz CT molecular complexity index is 386. The molecule has 32 heavy (non-hydrogen) atoms. The Morgan fingerprint density at radius 3 is 0.781 bits per heavy atom. The van der Waals surface area contributed by atoms with E-state index in [4.69, 9.17) is 0 Å². The summed E-state index contributed by atoms with van der Waals surface area (Å²) in [6.45, 7) is 11.2. The van der Waals surface area contributed by atoms with Crippen molar-refractivity contribution in [1.82, 2.24) is 0 Å². The van der Waals surface area contributed by atoms with Crippen molar-refractivity contribution >= 4 is 15.6 Å². The Balaban J connectivity index is -0.000000165. The Morgan fingerprint density at radius 2 is 0.688 bits per heavy atom. The first-order valence-electron chi connectivity index (χ1n) is 10.3. The molecule has 0 radical (unpaired) electrons. The van der Waals surface area contributed by atoms with Crippen molar-refractivity contribution in [3.8, 4) is 0 Å². The Labute approximate surface area is 182 Å². The summed E-state index contributed by atoms with van der Waals surface area (Å²) in [7, 11) is -21.3. The van der Waals surface area contributed by atoms with Crippen molar-refractivity contribution in [3.63, 3.8) is 0 Å². The monoisotopic (exact) mass is 550 g/mol. The minimum atomic E-state index is -10.7. The van der Waals surface area contributed by atoms with Gasteiger partial charge in [-0.25, -0.2) is 0 Å². The molecule has 2 atom stereocenters. The van der Waals surface area contributed by atoms with E-state index in [1.54, 1.807) is 0 Å². The molecule has 0 spiro atoms. The van der Waals surface area contributed by atoms with Crippen LogP contribution in [0.15, 0.2) is 0 Å². The Hall–Kier alpha value is -0.0600. The molecule has 6 N–H and O–H groups in total. The van der Waals surface area contributed by atoms with Gasteiger partial charge in [0.1, 0.15) is 0 Å². The second-order valence-electron chi connectivity index (χ2n) is 7.33. The number of hydrogen-bond donors (Lipinski definition) is 2. The van der Waals surface area contributed by atoms with Crippen LogP contribution in [-0.2, 0) is 0 Å². The maximum atomic E-state index is 9.87. The van der Waals surface area contributed by atoms with Crippen LogP contribution in [0, 0.1) is 11.8 Å². The Morgan fingerprint density at radius 1 is 0.500 bits per heavy atom. The molecule has 0 saturated carbocycles. The van der Waals surface area contributed by atoms with Crippen molar-refractivity contribution < 1.29 is 61.8 Å². The fraction of sp³-hybridized carbons (Fsp3) is 1.00. The molecule has 2 unspecified atom stereocenters. The fourth-order valence-electron chi connectivity index (χ4n) is 2.09. The predicted octanol–water partition coefficient (Wildman–Crippen LogP) is 9.65. The summed E-state index contributed by atoms with van der Waals surface area (Å²) >= 11 is 0. The predicted molar refractivity (Wildman–Crippen MR) is 109 cm³/mol. The van der Waals surface area contributed by atoms with Crippen LogP contribution < -0.4 is 11.5 Å². The van der Waals surface area contributed by atoms with Gasteiger partial charge in [0, 0.05) is 11.8 Å². The molecule has 0 rings (SSSR count). The number of unbranched alkanes of at least 4 members (excludes halogenated alkanes) is 2. The zero-order valence-electron chi connectivity index (χ0n) is 19.1. The van der Waals surface area contributed by atoms with E-state index in [0.717, 1.165) is 24.9 Å². The molecule has 0 aromatic rings. The van der Waals surface area contributed by atoms with Gasteiger partial charge in [0.15, 0.2) is 0 Å². The fourth-order valence-corrected chi connectivity index (χ4v) is 2.09. The molecule has 0 aliphatic carbocycles. The summed E-state index contributed by atoms with van der Waals surface area (Å²) in [4.78, 5) is 0. The van der Waals surface area contributed by atoms with Crippen LogP contribution in [0.1, 0.15) is 79.1 Å². The molecule has 16 heteroatoms. The van der Waals surface area contributed by atoms with Gasteiger partial charge in [0.2, 0.25) is 0 Å². The van der Waals surface area contributed by atoms with Crippen LogP contribution in [0.4, 0.5) is 50.4 Å². The van der Waals surface area contributed by atoms with E-state index >= 15 is 0 Å². The van der Waals surface area contributed by atoms with Crippen LogP contribution in [0.25, 0.3) is 0 Å². The first-order valence-corrected chi connectivity index (χ1v) is 14.4. The summed E-state index contributed by atoms with van der Waals surface area (Å²) in [6.07, 6.45) is 10.8. The SMILES string of the molecule is CCCCC(CC)C[NH3+].CCCCC(CC)C[NH3+].F[P-](F)(F)(F)(F)F.F[P-](F)(F)(F)(F)F. The van der Waals surface area contributed by atoms with E-state index in [0.29, 0.717) is 0 Å². The van der Waals surface area contributed by atoms with E-state index in [1.165, 1.54) is 51.4 Å². The average molecular weight is 550 g/mol. The standard InChI is InChI=1S/2C8H19N.2F6P/c2*1-3-5-6-8(4-2)7-9;2*1-7(2,3,4,5)6/h2*8H,3-7,9H2,1-2H3;;/q;;2*-1/p+2. The molecule has 0 fully saturated rings. The summed E-state index contributed by atoms with van der Waals surface area (Å²) in [5, 5.41) is 0. The van der Waals surface area contributed by atoms with Crippen LogP contribution in [-0.4, -0.2) is 13.1 Å². The summed E-state index contributed by atoms with van der Waals surface area (Å²) in [6, 6.07) is 0. The van der Waals surface area contributed by atoms with E-state index in [-0.39, 0.29) is 0 Å². The van der Waals surface area contributed by atoms with Gasteiger partial charge in [-0.3, -0.25) is 0 Å². The van der Waals surface area contributed by atoms with Crippen molar-refractivity contribution in [3.05, 3.63) is 0 Å². The number of rotatable bonds is 10. The summed E-state index contributed by atoms with van der Waals surface area (Å²) in [5.41, 5.74) is 7.82. The molecule has 2 nitrogen and oxygen atoms in total. The molecule has 0 saturated heterocycles. The van der Waals surface area contributed by atoms with Crippen LogP contribution in [0.2, 0.25) is 0 Å². The number of quaternary nitrogens is 2. The number of hydrogen-bond acceptors (Lipinski definition) is 0. The van der Waals surface area contributed by atoms with Gasteiger partial charge in [0.25, 0.3) is 0 Å². The average Bonchev–Trinajstić information content (AvgIpc) is 2.52. The second kappa shape index (κ2) is 13.1. The molecule has 0 bridgehead atoms. The van der Waals surface area contributed by atoms with Crippen molar-refractivity contribution in [2.24, 2.45) is 11.8 Å². The third-order valence-electron chi connectivity index (χ3n) is 3.90. The maximum absolute atomic E-state index is 10.7. The zero-order valence-corrected chi connectivity index (χ0v) is 20.9. The molecule has 0 aromatic carbocycles. The van der Waals surface area contributed by atoms with Gasteiger partial charge in [-0.2, -0.15) is 0 Å². The molecule has 0 aromatic heterocycles. The van der Waals surface area contributed by atoms with Gasteiger partial charge in [-0.1, -0.05) is 53.4 Å². The topological polar surface area (TPSA) is 55.3 Å². The molecule has 0 aliphatic rings. The first-order chi connectivity index (χ1) is 13.6. The molecular formula is C16H40F12N2P2. The van der Waals surface area contributed by atoms with Crippen molar-refractivity contribution in [2.75, 3.05) is 13.1 Å². The quantitative estimate of drug-likeness (QED) is 0.201. The molecule has 208 valence electrons. The van der Waals surface area contributed by atoms with E-state index in [9.17, 15) is 50.4 Å². The molecule has 0 amide bonds. The summed E-state index contributed by atoms with van der Waals surface area (Å²) < 4.78 is 118. The van der Waals surface area contributed by atoms with Gasteiger partial charge in [-0.15, -0.1) is 0 Å². The van der Waals surface area contributed by atoms with Crippen LogP contribution in [0.3, 0.4) is 0 Å². The number of halogens is 12. The summed E-state index contributed by atoms with van der Waals surface area (Å²) in [5.74, 6) is 1.79. The van der Waals surface area contributed by atoms with E-state index in [1.807, 2.05) is 0 Å². The van der Waals surface area contributed by atoms with Crippen LogP contribution in [0.5, 0.6) is 0 Å². The van der Waals surface area contributed by atoms with Gasteiger partial charge in [0.05, 0.1) is 13.1 Å². The van der Waals surface area contributed by atoms with Crippen LogP contribution >= 0.6 is 15.6 Å². The minimum absolute atomic E-state index is 0.893. The third-order valence-corrected chi connectivity index (χ3v) is 3.90. The van der Waals surface area contributed by atoms with Gasteiger partial charge in [-0.05, 0) is 25.7 Å². The molecule has 0 heterocycles. The molecule has 0 aliphatic heterocycles. The van der Waals surface area contributed by atoms with Gasteiger partial charge >= 0.3 is 66.0 Å². The van der Waals surface area contributed by atoms with Crippen molar-refractivity contribution in [2.45, 2.75) is 79.1 Å². The Kier molecular flexibility index (Phi) is 16.1. The van der Waals surface area contributed by atoms with Crippen molar-refractivity contribution in [1.29, 1.82) is 0 Å². The second-order valence-corrected chi connectivity index (χ2v) is 11.2. The van der Waals surface area contributed by atoms with E-state index < -0.39 is 15.6 Å². The zero-order chi connectivity index (χ0) is 27.0. The normalized spacial score (nSPS) is 17.8. The first kappa shape index (κ1) is 39.2. The molecular weight excluding hydrogens is 510 g/mol. The third kappa shape index (κ3) is 98.7. The van der Waals surface area contributed by atoms with E-state index in [2.05, 4.69) is 39.2 Å².